The van der Waals surface area contributed by atoms with E-state index in [1.807, 2.05) is 6.07 Å². The summed E-state index contributed by atoms with van der Waals surface area (Å²) in [4.78, 5) is 6.19. The molecule has 1 saturated heterocycles. The lowest BCUT2D eigenvalue weighted by molar-refractivity contribution is 0.243. The maximum absolute atomic E-state index is 9.41. The number of aromatic nitrogens is 1. The fourth-order valence-corrected chi connectivity index (χ4v) is 2.41. The number of hydrogen-bond donors (Lipinski definition) is 2. The number of anilines is 1. The predicted octanol–water partition coefficient (Wildman–Crippen LogP) is 0.781. The summed E-state index contributed by atoms with van der Waals surface area (Å²) in [5.74, 6) is 0.490. The summed E-state index contributed by atoms with van der Waals surface area (Å²) >= 11 is 0. The van der Waals surface area contributed by atoms with Gasteiger partial charge in [-0.1, -0.05) is 6.92 Å². The molecule has 4 heteroatoms. The lowest BCUT2D eigenvalue weighted by atomic mass is 10.0. The van der Waals surface area contributed by atoms with Gasteiger partial charge < -0.3 is 15.1 Å². The third-order valence-corrected chi connectivity index (χ3v) is 3.43. The minimum absolute atomic E-state index is 0.00774. The molecule has 1 aliphatic rings. The number of pyridine rings is 1. The Morgan fingerprint density at radius 2 is 2.31 bits per heavy atom. The van der Waals surface area contributed by atoms with Crippen molar-refractivity contribution in [2.24, 2.45) is 5.92 Å². The van der Waals surface area contributed by atoms with Crippen LogP contribution >= 0.6 is 0 Å². The number of aliphatic hydroxyl groups is 2. The Morgan fingerprint density at radius 1 is 1.50 bits per heavy atom. The van der Waals surface area contributed by atoms with E-state index in [9.17, 15) is 10.2 Å². The Hall–Kier alpha value is -1.13. The Morgan fingerprint density at radius 3 is 3.00 bits per heavy atom. The molecule has 1 aliphatic heterocycles. The van der Waals surface area contributed by atoms with Crippen LogP contribution in [0.3, 0.4) is 0 Å². The van der Waals surface area contributed by atoms with Crippen molar-refractivity contribution in [1.82, 2.24) is 4.98 Å². The van der Waals surface area contributed by atoms with Gasteiger partial charge in [-0.3, -0.25) is 4.98 Å². The maximum Gasteiger partial charge on any atom is 0.0717 e. The quantitative estimate of drug-likeness (QED) is 0.793. The van der Waals surface area contributed by atoms with Gasteiger partial charge in [0.2, 0.25) is 0 Å². The van der Waals surface area contributed by atoms with Gasteiger partial charge in [0.1, 0.15) is 0 Å². The van der Waals surface area contributed by atoms with Crippen LogP contribution < -0.4 is 4.90 Å². The largest absolute Gasteiger partial charge is 0.394 e. The Balaban J connectivity index is 2.29. The topological polar surface area (TPSA) is 56.6 Å². The normalized spacial score (nSPS) is 25.1. The molecule has 4 nitrogen and oxygen atoms in total. The molecule has 16 heavy (non-hydrogen) atoms. The van der Waals surface area contributed by atoms with Gasteiger partial charge in [-0.05, 0) is 18.4 Å². The summed E-state index contributed by atoms with van der Waals surface area (Å²) in [6.07, 6.45) is 4.50. The molecule has 0 aliphatic carbocycles. The van der Waals surface area contributed by atoms with Crippen LogP contribution in [-0.2, 0) is 6.61 Å². The molecule has 88 valence electrons. The summed E-state index contributed by atoms with van der Waals surface area (Å²) in [5, 5.41) is 18.7. The van der Waals surface area contributed by atoms with E-state index in [1.165, 1.54) is 0 Å². The van der Waals surface area contributed by atoms with Crippen LogP contribution in [0.2, 0.25) is 0 Å². The van der Waals surface area contributed by atoms with E-state index in [0.717, 1.165) is 24.2 Å². The van der Waals surface area contributed by atoms with E-state index in [-0.39, 0.29) is 19.3 Å². The van der Waals surface area contributed by atoms with Crippen molar-refractivity contribution >= 4 is 5.69 Å². The van der Waals surface area contributed by atoms with Crippen LogP contribution in [0.1, 0.15) is 18.9 Å². The zero-order chi connectivity index (χ0) is 11.5. The van der Waals surface area contributed by atoms with Gasteiger partial charge in [0.15, 0.2) is 0 Å². The van der Waals surface area contributed by atoms with Crippen molar-refractivity contribution in [2.75, 3.05) is 18.1 Å². The molecule has 2 unspecified atom stereocenters. The Kier molecular flexibility index (Phi) is 3.41. The molecule has 0 spiro atoms. The molecule has 2 N–H and O–H groups in total. The average Bonchev–Trinajstić information content (AvgIpc) is 2.70. The van der Waals surface area contributed by atoms with Crippen molar-refractivity contribution in [3.8, 4) is 0 Å². The standard InChI is InChI=1S/C12H18N2O2/c1-9-3-5-14(12(9)8-16)11-2-4-13-6-10(11)7-15/h2,4,6,9,12,15-16H,3,5,7-8H2,1H3. The first-order valence-electron chi connectivity index (χ1n) is 5.69. The van der Waals surface area contributed by atoms with E-state index in [4.69, 9.17) is 0 Å². The molecule has 0 amide bonds. The number of hydrogen-bond acceptors (Lipinski definition) is 4. The van der Waals surface area contributed by atoms with Gasteiger partial charge in [-0.2, -0.15) is 0 Å². The van der Waals surface area contributed by atoms with Crippen molar-refractivity contribution in [1.29, 1.82) is 0 Å². The second kappa shape index (κ2) is 4.80. The first-order chi connectivity index (χ1) is 7.77. The molecule has 2 rings (SSSR count). The van der Waals surface area contributed by atoms with E-state index in [1.54, 1.807) is 12.4 Å². The van der Waals surface area contributed by atoms with Gasteiger partial charge in [0.05, 0.1) is 19.3 Å². The highest BCUT2D eigenvalue weighted by Gasteiger charge is 2.31. The molecular weight excluding hydrogens is 204 g/mol. The summed E-state index contributed by atoms with van der Waals surface area (Å²) in [5.41, 5.74) is 1.83. The summed E-state index contributed by atoms with van der Waals surface area (Å²) < 4.78 is 0. The van der Waals surface area contributed by atoms with Gasteiger partial charge in [0.25, 0.3) is 0 Å². The minimum atomic E-state index is -0.00774. The van der Waals surface area contributed by atoms with Crippen LogP contribution in [0.15, 0.2) is 18.5 Å². The van der Waals surface area contributed by atoms with E-state index >= 15 is 0 Å². The third-order valence-electron chi connectivity index (χ3n) is 3.43. The van der Waals surface area contributed by atoms with Crippen molar-refractivity contribution < 1.29 is 10.2 Å². The van der Waals surface area contributed by atoms with Crippen molar-refractivity contribution in [3.63, 3.8) is 0 Å². The van der Waals surface area contributed by atoms with Crippen LogP contribution in [0.5, 0.6) is 0 Å². The molecule has 0 bridgehead atoms. The van der Waals surface area contributed by atoms with Gasteiger partial charge >= 0.3 is 0 Å². The van der Waals surface area contributed by atoms with Gasteiger partial charge in [-0.15, -0.1) is 0 Å². The lowest BCUT2D eigenvalue weighted by Gasteiger charge is -2.28. The predicted molar refractivity (Wildman–Crippen MR) is 62.2 cm³/mol. The molecule has 1 aromatic rings. The van der Waals surface area contributed by atoms with E-state index in [0.29, 0.717) is 5.92 Å². The Labute approximate surface area is 95.5 Å². The minimum Gasteiger partial charge on any atom is -0.394 e. The molecule has 0 radical (unpaired) electrons. The van der Waals surface area contributed by atoms with Gasteiger partial charge in [0, 0.05) is 30.2 Å². The van der Waals surface area contributed by atoms with Crippen molar-refractivity contribution in [3.05, 3.63) is 24.0 Å². The van der Waals surface area contributed by atoms with E-state index < -0.39 is 0 Å². The molecule has 1 fully saturated rings. The van der Waals surface area contributed by atoms with Crippen LogP contribution in [0.4, 0.5) is 5.69 Å². The number of rotatable bonds is 3. The zero-order valence-corrected chi connectivity index (χ0v) is 9.50. The molecule has 2 atom stereocenters. The highest BCUT2D eigenvalue weighted by Crippen LogP contribution is 2.31. The molecule has 0 saturated carbocycles. The van der Waals surface area contributed by atoms with Crippen LogP contribution in [-0.4, -0.2) is 34.4 Å². The fourth-order valence-electron chi connectivity index (χ4n) is 2.41. The molecule has 0 aromatic carbocycles. The van der Waals surface area contributed by atoms with Crippen LogP contribution in [0.25, 0.3) is 0 Å². The SMILES string of the molecule is CC1CCN(c2ccncc2CO)C1CO. The second-order valence-electron chi connectivity index (χ2n) is 4.37. The number of aliphatic hydroxyl groups excluding tert-OH is 2. The summed E-state index contributed by atoms with van der Waals surface area (Å²) in [6, 6.07) is 2.07. The zero-order valence-electron chi connectivity index (χ0n) is 9.50. The van der Waals surface area contributed by atoms with E-state index in [2.05, 4.69) is 16.8 Å². The van der Waals surface area contributed by atoms with Crippen LogP contribution in [0, 0.1) is 5.92 Å². The summed E-state index contributed by atoms with van der Waals surface area (Å²) in [7, 11) is 0. The fraction of sp³-hybridized carbons (Fsp3) is 0.583. The highest BCUT2D eigenvalue weighted by molar-refractivity contribution is 5.53. The summed E-state index contributed by atoms with van der Waals surface area (Å²) in [6.45, 7) is 3.24. The average molecular weight is 222 g/mol. The van der Waals surface area contributed by atoms with Crippen molar-refractivity contribution in [2.45, 2.75) is 26.0 Å². The molecule has 2 heterocycles. The first-order valence-corrected chi connectivity index (χ1v) is 5.69. The second-order valence-corrected chi connectivity index (χ2v) is 4.37. The first kappa shape index (κ1) is 11.4. The smallest absolute Gasteiger partial charge is 0.0717 e. The highest BCUT2D eigenvalue weighted by atomic mass is 16.3. The third kappa shape index (κ3) is 1.90. The maximum atomic E-state index is 9.41. The molecule has 1 aromatic heterocycles. The Bertz CT molecular complexity index is 357. The monoisotopic (exact) mass is 222 g/mol. The van der Waals surface area contributed by atoms with Gasteiger partial charge in [-0.25, -0.2) is 0 Å². The number of nitrogens with zero attached hydrogens (tertiary/aromatic N) is 2. The lowest BCUT2D eigenvalue weighted by Crippen LogP contribution is -2.35. The molecular formula is C12H18N2O2.